The predicted molar refractivity (Wildman–Crippen MR) is 116 cm³/mol. The molecule has 0 saturated heterocycles. The van der Waals surface area contributed by atoms with Crippen LogP contribution in [0.25, 0.3) is 0 Å². The Kier molecular flexibility index (Phi) is 19.6. The van der Waals surface area contributed by atoms with Crippen molar-refractivity contribution >= 4 is 0 Å². The van der Waals surface area contributed by atoms with Gasteiger partial charge in [0.25, 0.3) is 0 Å². The average Bonchev–Trinajstić information content (AvgIpc) is 2.59. The maximum absolute atomic E-state index is 5.26. The van der Waals surface area contributed by atoms with Gasteiger partial charge in [-0.3, -0.25) is 0 Å². The van der Waals surface area contributed by atoms with Crippen molar-refractivity contribution in [2.45, 2.75) is 149 Å². The van der Waals surface area contributed by atoms with Crippen molar-refractivity contribution in [3.05, 3.63) is 0 Å². The maximum Gasteiger partial charge on any atom is 0.0952 e. The molecule has 0 atom stereocenters. The van der Waals surface area contributed by atoms with Gasteiger partial charge < -0.3 is 0 Å². The summed E-state index contributed by atoms with van der Waals surface area (Å²) in [6.45, 7) is 9.07. The Morgan fingerprint density at radius 2 is 0.769 bits per heavy atom. The van der Waals surface area contributed by atoms with E-state index in [1.807, 2.05) is 20.8 Å². The van der Waals surface area contributed by atoms with Crippen molar-refractivity contribution in [1.29, 1.82) is 0 Å². The van der Waals surface area contributed by atoms with E-state index in [0.717, 1.165) is 13.0 Å². The third-order valence-corrected chi connectivity index (χ3v) is 4.89. The largest absolute Gasteiger partial charge is 0.236 e. The second-order valence-electron chi connectivity index (χ2n) is 9.03. The summed E-state index contributed by atoms with van der Waals surface area (Å²) in [5.74, 6) is 0. The van der Waals surface area contributed by atoms with Crippen LogP contribution in [-0.4, -0.2) is 12.2 Å². The first-order valence-electron chi connectivity index (χ1n) is 11.9. The standard InChI is InChI=1S/C24H50O2/c1-5-6-7-8-9-10-11-12-13-14-15-16-17-18-19-20-21-22-23-25-26-24(2,3)4/h5-23H2,1-4H3. The molecule has 0 aromatic carbocycles. The Morgan fingerprint density at radius 1 is 0.462 bits per heavy atom. The zero-order chi connectivity index (χ0) is 19.3. The molecule has 0 bridgehead atoms. The first kappa shape index (κ1) is 25.9. The lowest BCUT2D eigenvalue weighted by Gasteiger charge is -2.17. The van der Waals surface area contributed by atoms with E-state index in [-0.39, 0.29) is 5.60 Å². The van der Waals surface area contributed by atoms with E-state index in [1.54, 1.807) is 0 Å². The fourth-order valence-corrected chi connectivity index (χ4v) is 3.28. The minimum absolute atomic E-state index is 0.186. The average molecular weight is 371 g/mol. The van der Waals surface area contributed by atoms with Gasteiger partial charge in [0.15, 0.2) is 0 Å². The molecular formula is C24H50O2. The van der Waals surface area contributed by atoms with Gasteiger partial charge >= 0.3 is 0 Å². The summed E-state index contributed by atoms with van der Waals surface area (Å²) >= 11 is 0. The van der Waals surface area contributed by atoms with Gasteiger partial charge in [-0.05, 0) is 27.2 Å². The van der Waals surface area contributed by atoms with Gasteiger partial charge in [-0.15, -0.1) is 0 Å². The molecule has 158 valence electrons. The number of hydrogen-bond donors (Lipinski definition) is 0. The van der Waals surface area contributed by atoms with Gasteiger partial charge in [0.1, 0.15) is 0 Å². The van der Waals surface area contributed by atoms with E-state index in [1.165, 1.54) is 109 Å². The van der Waals surface area contributed by atoms with E-state index in [4.69, 9.17) is 9.78 Å². The molecule has 0 aromatic heterocycles. The van der Waals surface area contributed by atoms with Gasteiger partial charge in [-0.25, -0.2) is 9.78 Å². The molecule has 0 unspecified atom stereocenters. The smallest absolute Gasteiger partial charge is 0.0952 e. The number of rotatable bonds is 20. The summed E-state index contributed by atoms with van der Waals surface area (Å²) in [5, 5.41) is 0. The van der Waals surface area contributed by atoms with Crippen LogP contribution in [0.15, 0.2) is 0 Å². The molecule has 0 aromatic rings. The van der Waals surface area contributed by atoms with Crippen molar-refractivity contribution < 1.29 is 9.78 Å². The Balaban J connectivity index is 3.01. The molecule has 0 rings (SSSR count). The van der Waals surface area contributed by atoms with Crippen molar-refractivity contribution in [2.24, 2.45) is 0 Å². The minimum atomic E-state index is -0.186. The topological polar surface area (TPSA) is 18.5 Å². The van der Waals surface area contributed by atoms with Crippen LogP contribution in [0.5, 0.6) is 0 Å². The summed E-state index contributed by atoms with van der Waals surface area (Å²) in [6, 6.07) is 0. The lowest BCUT2D eigenvalue weighted by Crippen LogP contribution is -2.19. The molecule has 0 aliphatic rings. The summed E-state index contributed by atoms with van der Waals surface area (Å²) < 4.78 is 0. The molecule has 0 spiro atoms. The molecule has 0 fully saturated rings. The zero-order valence-electron chi connectivity index (χ0n) is 18.8. The summed E-state index contributed by atoms with van der Waals surface area (Å²) in [7, 11) is 0. The van der Waals surface area contributed by atoms with Crippen molar-refractivity contribution in [3.63, 3.8) is 0 Å². The molecule has 0 heterocycles. The Hall–Kier alpha value is -0.0800. The Morgan fingerprint density at radius 3 is 1.08 bits per heavy atom. The van der Waals surface area contributed by atoms with Crippen LogP contribution in [0.2, 0.25) is 0 Å². The van der Waals surface area contributed by atoms with Crippen LogP contribution < -0.4 is 0 Å². The second kappa shape index (κ2) is 19.7. The van der Waals surface area contributed by atoms with Gasteiger partial charge in [0.2, 0.25) is 0 Å². The highest BCUT2D eigenvalue weighted by molar-refractivity contribution is 4.54. The molecule has 0 N–H and O–H groups in total. The molecule has 26 heavy (non-hydrogen) atoms. The molecule has 2 heteroatoms. The normalized spacial score (nSPS) is 12.0. The Bertz CT molecular complexity index is 257. The minimum Gasteiger partial charge on any atom is -0.236 e. The van der Waals surface area contributed by atoms with Crippen LogP contribution in [0.4, 0.5) is 0 Å². The molecule has 0 saturated carbocycles. The maximum atomic E-state index is 5.26. The molecule has 2 nitrogen and oxygen atoms in total. The highest BCUT2D eigenvalue weighted by Crippen LogP contribution is 2.14. The van der Waals surface area contributed by atoms with Crippen LogP contribution in [0.1, 0.15) is 143 Å². The summed E-state index contributed by atoms with van der Waals surface area (Å²) in [5.41, 5.74) is -0.186. The molecule has 0 amide bonds. The predicted octanol–water partition coefficient (Wildman–Crippen LogP) is 8.77. The first-order chi connectivity index (χ1) is 12.6. The monoisotopic (exact) mass is 370 g/mol. The highest BCUT2D eigenvalue weighted by atomic mass is 17.2. The van der Waals surface area contributed by atoms with Gasteiger partial charge in [-0.1, -0.05) is 116 Å². The van der Waals surface area contributed by atoms with Crippen LogP contribution in [-0.2, 0) is 9.78 Å². The van der Waals surface area contributed by atoms with E-state index < -0.39 is 0 Å². The third kappa shape index (κ3) is 23.9. The van der Waals surface area contributed by atoms with Crippen LogP contribution in [0.3, 0.4) is 0 Å². The quantitative estimate of drug-likeness (QED) is 0.121. The number of hydrogen-bond acceptors (Lipinski definition) is 2. The van der Waals surface area contributed by atoms with E-state index in [0.29, 0.717) is 0 Å². The molecule has 0 aliphatic heterocycles. The van der Waals surface area contributed by atoms with E-state index >= 15 is 0 Å². The Labute approximate surface area is 165 Å². The summed E-state index contributed by atoms with van der Waals surface area (Å²) in [4.78, 5) is 10.5. The first-order valence-corrected chi connectivity index (χ1v) is 11.9. The summed E-state index contributed by atoms with van der Waals surface area (Å²) in [6.07, 6.45) is 25.4. The van der Waals surface area contributed by atoms with Crippen LogP contribution in [0, 0.1) is 0 Å². The van der Waals surface area contributed by atoms with Crippen molar-refractivity contribution in [2.75, 3.05) is 6.61 Å². The fraction of sp³-hybridized carbons (Fsp3) is 1.00. The molecule has 0 aliphatic carbocycles. The lowest BCUT2D eigenvalue weighted by molar-refractivity contribution is -0.348. The van der Waals surface area contributed by atoms with Gasteiger partial charge in [-0.2, -0.15) is 0 Å². The van der Waals surface area contributed by atoms with Crippen molar-refractivity contribution in [1.82, 2.24) is 0 Å². The third-order valence-electron chi connectivity index (χ3n) is 4.89. The fourth-order valence-electron chi connectivity index (χ4n) is 3.28. The zero-order valence-corrected chi connectivity index (χ0v) is 18.8. The van der Waals surface area contributed by atoms with Gasteiger partial charge in [0, 0.05) is 0 Å². The molecular weight excluding hydrogens is 320 g/mol. The lowest BCUT2D eigenvalue weighted by atomic mass is 10.0. The second-order valence-corrected chi connectivity index (χ2v) is 9.03. The highest BCUT2D eigenvalue weighted by Gasteiger charge is 2.10. The van der Waals surface area contributed by atoms with Gasteiger partial charge in [0.05, 0.1) is 12.2 Å². The van der Waals surface area contributed by atoms with Crippen molar-refractivity contribution in [3.8, 4) is 0 Å². The van der Waals surface area contributed by atoms with Crippen LogP contribution >= 0.6 is 0 Å². The SMILES string of the molecule is CCCCCCCCCCCCCCCCCCCCOOC(C)(C)C. The number of unbranched alkanes of at least 4 members (excludes halogenated alkanes) is 17. The van der Waals surface area contributed by atoms with E-state index in [2.05, 4.69) is 6.92 Å². The van der Waals surface area contributed by atoms with E-state index in [9.17, 15) is 0 Å². The molecule has 0 radical (unpaired) electrons.